The maximum absolute atomic E-state index is 12.4. The van der Waals surface area contributed by atoms with E-state index in [0.717, 1.165) is 0 Å². The number of halogens is 1. The SMILES string of the molecule is Cc1c(C(=O)OC(C)C(=O)Nc2cccc(C#N)c2)oc2ccc(Cl)cc12. The summed E-state index contributed by atoms with van der Waals surface area (Å²) in [7, 11) is 0. The molecule has 0 bridgehead atoms. The van der Waals surface area contributed by atoms with Gasteiger partial charge in [0.05, 0.1) is 11.6 Å². The second-order valence-corrected chi connectivity index (χ2v) is 6.36. The number of hydrogen-bond acceptors (Lipinski definition) is 5. The van der Waals surface area contributed by atoms with Crippen LogP contribution in [-0.4, -0.2) is 18.0 Å². The van der Waals surface area contributed by atoms with Crippen LogP contribution in [0.1, 0.15) is 28.6 Å². The van der Waals surface area contributed by atoms with Crippen molar-refractivity contribution in [1.82, 2.24) is 0 Å². The number of carbonyl (C=O) groups is 2. The number of anilines is 1. The van der Waals surface area contributed by atoms with Crippen LogP contribution < -0.4 is 5.32 Å². The van der Waals surface area contributed by atoms with E-state index in [2.05, 4.69) is 5.32 Å². The third kappa shape index (κ3) is 3.94. The Morgan fingerprint density at radius 1 is 1.26 bits per heavy atom. The summed E-state index contributed by atoms with van der Waals surface area (Å²) in [6.07, 6.45) is -1.06. The lowest BCUT2D eigenvalue weighted by molar-refractivity contribution is -0.123. The first-order valence-corrected chi connectivity index (χ1v) is 8.47. The molecule has 2 aromatic carbocycles. The average Bonchev–Trinajstić information content (AvgIpc) is 2.98. The zero-order chi connectivity index (χ0) is 19.6. The van der Waals surface area contributed by atoms with Crippen molar-refractivity contribution in [2.45, 2.75) is 20.0 Å². The van der Waals surface area contributed by atoms with Crippen LogP contribution >= 0.6 is 11.6 Å². The average molecular weight is 383 g/mol. The largest absolute Gasteiger partial charge is 0.449 e. The molecule has 7 heteroatoms. The number of esters is 1. The zero-order valence-electron chi connectivity index (χ0n) is 14.6. The predicted molar refractivity (Wildman–Crippen MR) is 101 cm³/mol. The number of amides is 1. The molecule has 3 aromatic rings. The summed E-state index contributed by atoms with van der Waals surface area (Å²) < 4.78 is 10.8. The van der Waals surface area contributed by atoms with Crippen LogP contribution in [0.2, 0.25) is 5.02 Å². The van der Waals surface area contributed by atoms with Crippen molar-refractivity contribution >= 4 is 40.1 Å². The quantitative estimate of drug-likeness (QED) is 0.673. The molecular weight excluding hydrogens is 368 g/mol. The lowest BCUT2D eigenvalue weighted by Gasteiger charge is -2.13. The minimum Gasteiger partial charge on any atom is -0.449 e. The van der Waals surface area contributed by atoms with Crippen molar-refractivity contribution in [2.75, 3.05) is 5.32 Å². The molecule has 1 atom stereocenters. The Morgan fingerprint density at radius 2 is 2.04 bits per heavy atom. The van der Waals surface area contributed by atoms with Crippen molar-refractivity contribution in [2.24, 2.45) is 0 Å². The van der Waals surface area contributed by atoms with E-state index in [1.807, 2.05) is 6.07 Å². The number of nitrogens with zero attached hydrogens (tertiary/aromatic N) is 1. The molecule has 0 spiro atoms. The van der Waals surface area contributed by atoms with Gasteiger partial charge in [0.15, 0.2) is 6.10 Å². The number of fused-ring (bicyclic) bond motifs is 1. The zero-order valence-corrected chi connectivity index (χ0v) is 15.3. The van der Waals surface area contributed by atoms with Crippen LogP contribution in [-0.2, 0) is 9.53 Å². The number of rotatable bonds is 4. The normalized spacial score (nSPS) is 11.6. The van der Waals surface area contributed by atoms with Crippen molar-refractivity contribution in [3.63, 3.8) is 0 Å². The minimum absolute atomic E-state index is 0.0263. The monoisotopic (exact) mass is 382 g/mol. The molecule has 0 fully saturated rings. The Balaban J connectivity index is 1.72. The van der Waals surface area contributed by atoms with E-state index in [0.29, 0.717) is 32.8 Å². The van der Waals surface area contributed by atoms with E-state index in [4.69, 9.17) is 26.0 Å². The van der Waals surface area contributed by atoms with Gasteiger partial charge in [-0.05, 0) is 50.2 Å². The fourth-order valence-corrected chi connectivity index (χ4v) is 2.74. The summed E-state index contributed by atoms with van der Waals surface area (Å²) in [6, 6.07) is 13.4. The summed E-state index contributed by atoms with van der Waals surface area (Å²) >= 11 is 5.97. The van der Waals surface area contributed by atoms with Crippen LogP contribution in [0.15, 0.2) is 46.9 Å². The molecule has 0 aliphatic rings. The van der Waals surface area contributed by atoms with Crippen LogP contribution in [0.25, 0.3) is 11.0 Å². The fourth-order valence-electron chi connectivity index (χ4n) is 2.57. The molecule has 1 N–H and O–H groups in total. The number of benzene rings is 2. The van der Waals surface area contributed by atoms with Gasteiger partial charge in [-0.1, -0.05) is 17.7 Å². The first kappa shape index (κ1) is 18.5. The number of nitriles is 1. The molecule has 136 valence electrons. The third-order valence-electron chi connectivity index (χ3n) is 4.00. The first-order chi connectivity index (χ1) is 12.9. The van der Waals surface area contributed by atoms with Gasteiger partial charge in [-0.3, -0.25) is 4.79 Å². The molecular formula is C20H15ClN2O4. The van der Waals surface area contributed by atoms with Crippen molar-refractivity contribution in [3.8, 4) is 6.07 Å². The smallest absolute Gasteiger partial charge is 0.375 e. The van der Waals surface area contributed by atoms with Crippen LogP contribution in [0.4, 0.5) is 5.69 Å². The number of carbonyl (C=O) groups excluding carboxylic acids is 2. The van der Waals surface area contributed by atoms with Gasteiger partial charge in [0.2, 0.25) is 5.76 Å². The van der Waals surface area contributed by atoms with Gasteiger partial charge in [-0.25, -0.2) is 4.79 Å². The van der Waals surface area contributed by atoms with Gasteiger partial charge in [-0.15, -0.1) is 0 Å². The summed E-state index contributed by atoms with van der Waals surface area (Å²) in [4.78, 5) is 24.7. The number of hydrogen-bond donors (Lipinski definition) is 1. The first-order valence-electron chi connectivity index (χ1n) is 8.09. The Hall–Kier alpha value is -3.30. The summed E-state index contributed by atoms with van der Waals surface area (Å²) in [5.74, 6) is -1.23. The lowest BCUT2D eigenvalue weighted by atomic mass is 10.1. The van der Waals surface area contributed by atoms with Crippen LogP contribution in [0, 0.1) is 18.3 Å². The lowest BCUT2D eigenvalue weighted by Crippen LogP contribution is -2.30. The second kappa shape index (κ2) is 7.52. The Bertz CT molecular complexity index is 1080. The molecule has 3 rings (SSSR count). The third-order valence-corrected chi connectivity index (χ3v) is 4.23. The molecule has 1 amide bonds. The Kier molecular flexibility index (Phi) is 5.15. The van der Waals surface area contributed by atoms with E-state index in [-0.39, 0.29) is 5.76 Å². The molecule has 0 saturated heterocycles. The summed E-state index contributed by atoms with van der Waals surface area (Å²) in [6.45, 7) is 3.17. The van der Waals surface area contributed by atoms with E-state index in [9.17, 15) is 9.59 Å². The number of aryl methyl sites for hydroxylation is 1. The van der Waals surface area contributed by atoms with Gasteiger partial charge in [-0.2, -0.15) is 5.26 Å². The van der Waals surface area contributed by atoms with Crippen molar-refractivity contribution < 1.29 is 18.7 Å². The molecule has 0 aliphatic heterocycles. The fraction of sp³-hybridized carbons (Fsp3) is 0.150. The van der Waals surface area contributed by atoms with E-state index >= 15 is 0 Å². The molecule has 27 heavy (non-hydrogen) atoms. The van der Waals surface area contributed by atoms with E-state index in [1.54, 1.807) is 43.3 Å². The Labute approximate surface area is 160 Å². The summed E-state index contributed by atoms with van der Waals surface area (Å²) in [5.41, 5.74) is 1.95. The second-order valence-electron chi connectivity index (χ2n) is 5.93. The number of furan rings is 1. The maximum Gasteiger partial charge on any atom is 0.375 e. The van der Waals surface area contributed by atoms with Gasteiger partial charge >= 0.3 is 5.97 Å². The molecule has 0 radical (unpaired) electrons. The highest BCUT2D eigenvalue weighted by atomic mass is 35.5. The molecule has 1 heterocycles. The number of nitrogens with one attached hydrogen (secondary N) is 1. The highest BCUT2D eigenvalue weighted by Crippen LogP contribution is 2.28. The van der Waals surface area contributed by atoms with Crippen molar-refractivity contribution in [3.05, 3.63) is 64.4 Å². The van der Waals surface area contributed by atoms with Gasteiger partial charge < -0.3 is 14.5 Å². The molecule has 1 aromatic heterocycles. The minimum atomic E-state index is -1.06. The van der Waals surface area contributed by atoms with Crippen LogP contribution in [0.5, 0.6) is 0 Å². The molecule has 0 aliphatic carbocycles. The maximum atomic E-state index is 12.4. The molecule has 1 unspecified atom stereocenters. The van der Waals surface area contributed by atoms with Gasteiger partial charge in [0, 0.05) is 21.7 Å². The van der Waals surface area contributed by atoms with Crippen molar-refractivity contribution in [1.29, 1.82) is 5.26 Å². The van der Waals surface area contributed by atoms with E-state index < -0.39 is 18.0 Å². The van der Waals surface area contributed by atoms with Gasteiger partial charge in [0.1, 0.15) is 5.58 Å². The van der Waals surface area contributed by atoms with E-state index in [1.165, 1.54) is 13.0 Å². The Morgan fingerprint density at radius 3 is 2.78 bits per heavy atom. The topological polar surface area (TPSA) is 92.3 Å². The standard InChI is InChI=1S/C20H15ClN2O4/c1-11-16-9-14(21)6-7-17(16)27-18(11)20(25)26-12(2)19(24)23-15-5-3-4-13(8-15)10-22/h3-9,12H,1-2H3,(H,23,24). The van der Waals surface area contributed by atoms with Gasteiger partial charge in [0.25, 0.3) is 5.91 Å². The number of ether oxygens (including phenoxy) is 1. The predicted octanol–water partition coefficient (Wildman–Crippen LogP) is 4.45. The molecule has 6 nitrogen and oxygen atoms in total. The van der Waals surface area contributed by atoms with Crippen LogP contribution in [0.3, 0.4) is 0 Å². The highest BCUT2D eigenvalue weighted by Gasteiger charge is 2.24. The highest BCUT2D eigenvalue weighted by molar-refractivity contribution is 6.31. The summed E-state index contributed by atoms with van der Waals surface area (Å²) in [5, 5.41) is 12.7. The molecule has 0 saturated carbocycles.